The van der Waals surface area contributed by atoms with E-state index in [2.05, 4.69) is 15.6 Å². The molecule has 0 radical (unpaired) electrons. The molecule has 1 aromatic rings. The molecule has 0 unspecified atom stereocenters. The zero-order valence-electron chi connectivity index (χ0n) is 8.87. The first kappa shape index (κ1) is 12.0. The van der Waals surface area contributed by atoms with Gasteiger partial charge in [0.05, 0.1) is 6.54 Å². The number of hydrogen-bond acceptors (Lipinski definition) is 3. The molecule has 1 rings (SSSR count). The average molecular weight is 223 g/mol. The number of aromatic nitrogens is 1. The quantitative estimate of drug-likeness (QED) is 0.626. The zero-order valence-corrected chi connectivity index (χ0v) is 8.87. The number of aromatic amines is 1. The summed E-state index contributed by atoms with van der Waals surface area (Å²) in [6, 6.07) is 1.25. The molecular formula is C10H13N3O3. The fraction of sp³-hybridized carbons (Fsp3) is 0.300. The molecule has 0 aliphatic carbocycles. The summed E-state index contributed by atoms with van der Waals surface area (Å²) in [5.74, 6) is -0.851. The predicted octanol–water partition coefficient (Wildman–Crippen LogP) is -0.759. The molecule has 0 saturated carbocycles. The Morgan fingerprint density at radius 1 is 1.38 bits per heavy atom. The number of carbonyl (C=O) groups excluding carboxylic acids is 2. The Bertz CT molecular complexity index is 439. The molecular weight excluding hydrogens is 210 g/mol. The van der Waals surface area contributed by atoms with Gasteiger partial charge in [-0.25, -0.2) is 0 Å². The normalized spacial score (nSPS) is 9.56. The second-order valence-corrected chi connectivity index (χ2v) is 3.06. The van der Waals surface area contributed by atoms with Crippen molar-refractivity contribution in [2.24, 2.45) is 0 Å². The number of carbonyl (C=O) groups is 2. The van der Waals surface area contributed by atoms with Crippen molar-refractivity contribution < 1.29 is 9.59 Å². The first-order chi connectivity index (χ1) is 7.65. The van der Waals surface area contributed by atoms with Gasteiger partial charge in [-0.15, -0.1) is 0 Å². The molecule has 16 heavy (non-hydrogen) atoms. The first-order valence-corrected chi connectivity index (χ1v) is 4.87. The summed E-state index contributed by atoms with van der Waals surface area (Å²) in [5.41, 5.74) is -0.390. The Balaban J connectivity index is 2.57. The molecule has 0 atom stereocenters. The van der Waals surface area contributed by atoms with Gasteiger partial charge in [0.15, 0.2) is 5.43 Å². The van der Waals surface area contributed by atoms with Gasteiger partial charge in [0.2, 0.25) is 5.91 Å². The van der Waals surface area contributed by atoms with Crippen LogP contribution >= 0.6 is 0 Å². The second-order valence-electron chi connectivity index (χ2n) is 3.06. The van der Waals surface area contributed by atoms with E-state index in [1.807, 2.05) is 0 Å². The molecule has 0 fully saturated rings. The highest BCUT2D eigenvalue weighted by Gasteiger charge is 2.10. The average Bonchev–Trinajstić information content (AvgIpc) is 2.27. The number of hydrogen-bond donors (Lipinski definition) is 3. The van der Waals surface area contributed by atoms with E-state index in [4.69, 9.17) is 0 Å². The third-order valence-corrected chi connectivity index (χ3v) is 1.85. The van der Waals surface area contributed by atoms with Crippen LogP contribution in [0.2, 0.25) is 0 Å². The predicted molar refractivity (Wildman–Crippen MR) is 58.1 cm³/mol. The molecule has 0 aromatic carbocycles. The topological polar surface area (TPSA) is 91.1 Å². The highest BCUT2D eigenvalue weighted by Crippen LogP contribution is 1.86. The Morgan fingerprint density at radius 2 is 2.12 bits per heavy atom. The Hall–Kier alpha value is -2.11. The molecule has 0 saturated heterocycles. The summed E-state index contributed by atoms with van der Waals surface area (Å²) in [4.78, 5) is 36.4. The molecule has 0 bridgehead atoms. The van der Waals surface area contributed by atoms with Gasteiger partial charge in [-0.2, -0.15) is 0 Å². The lowest BCUT2D eigenvalue weighted by Crippen LogP contribution is -2.38. The van der Waals surface area contributed by atoms with Crippen molar-refractivity contribution in [3.05, 3.63) is 34.2 Å². The molecule has 1 aromatic heterocycles. The Kier molecular flexibility index (Phi) is 4.26. The molecule has 6 nitrogen and oxygen atoms in total. The number of amides is 2. The van der Waals surface area contributed by atoms with E-state index in [0.717, 1.165) is 0 Å². The maximum atomic E-state index is 11.5. The maximum absolute atomic E-state index is 11.5. The number of pyridine rings is 1. The summed E-state index contributed by atoms with van der Waals surface area (Å²) in [5, 5.41) is 4.88. The van der Waals surface area contributed by atoms with Crippen molar-refractivity contribution in [2.75, 3.05) is 13.1 Å². The standard InChI is InChI=1S/C10H13N3O3/c1-2-12-9(15)6-13-10(16)7-5-11-4-3-8(7)14/h3-5H,2,6H2,1H3,(H,11,14)(H,12,15)(H,13,16). The minimum absolute atomic E-state index is 0.00759. The van der Waals surface area contributed by atoms with Gasteiger partial charge in [-0.3, -0.25) is 14.4 Å². The summed E-state index contributed by atoms with van der Waals surface area (Å²) in [6.07, 6.45) is 2.73. The minimum atomic E-state index is -0.562. The van der Waals surface area contributed by atoms with Gasteiger partial charge in [0.1, 0.15) is 5.56 Å². The van der Waals surface area contributed by atoms with Crippen LogP contribution in [0.4, 0.5) is 0 Å². The van der Waals surface area contributed by atoms with E-state index in [-0.39, 0.29) is 23.4 Å². The molecule has 0 aliphatic heterocycles. The summed E-state index contributed by atoms with van der Waals surface area (Å²) in [7, 11) is 0. The zero-order chi connectivity index (χ0) is 12.0. The van der Waals surface area contributed by atoms with E-state index < -0.39 is 5.91 Å². The van der Waals surface area contributed by atoms with Gasteiger partial charge in [0, 0.05) is 25.0 Å². The molecule has 86 valence electrons. The fourth-order valence-electron chi connectivity index (χ4n) is 1.11. The summed E-state index contributed by atoms with van der Waals surface area (Å²) in [6.45, 7) is 2.14. The maximum Gasteiger partial charge on any atom is 0.257 e. The van der Waals surface area contributed by atoms with E-state index >= 15 is 0 Å². The van der Waals surface area contributed by atoms with Gasteiger partial charge in [-0.05, 0) is 6.92 Å². The minimum Gasteiger partial charge on any atom is -0.367 e. The van der Waals surface area contributed by atoms with Crippen molar-refractivity contribution in [2.45, 2.75) is 6.92 Å². The monoisotopic (exact) mass is 223 g/mol. The smallest absolute Gasteiger partial charge is 0.257 e. The van der Waals surface area contributed by atoms with Gasteiger partial charge < -0.3 is 15.6 Å². The fourth-order valence-corrected chi connectivity index (χ4v) is 1.11. The third-order valence-electron chi connectivity index (χ3n) is 1.85. The molecule has 0 aliphatic rings. The van der Waals surface area contributed by atoms with Crippen LogP contribution in [-0.4, -0.2) is 29.9 Å². The van der Waals surface area contributed by atoms with Gasteiger partial charge in [0.25, 0.3) is 5.91 Å². The SMILES string of the molecule is CCNC(=O)CNC(=O)c1c[nH]ccc1=O. The number of likely N-dealkylation sites (N-methyl/N-ethyl adjacent to an activating group) is 1. The molecule has 6 heteroatoms. The highest BCUT2D eigenvalue weighted by molar-refractivity contribution is 5.96. The summed E-state index contributed by atoms with van der Waals surface area (Å²) < 4.78 is 0. The Labute approximate surface area is 92.1 Å². The van der Waals surface area contributed by atoms with Crippen LogP contribution in [0, 0.1) is 0 Å². The lowest BCUT2D eigenvalue weighted by molar-refractivity contribution is -0.120. The third kappa shape index (κ3) is 3.23. The lowest BCUT2D eigenvalue weighted by Gasteiger charge is -2.04. The van der Waals surface area contributed by atoms with Crippen molar-refractivity contribution in [3.63, 3.8) is 0 Å². The van der Waals surface area contributed by atoms with E-state index in [0.29, 0.717) is 6.54 Å². The van der Waals surface area contributed by atoms with E-state index in [1.165, 1.54) is 18.5 Å². The van der Waals surface area contributed by atoms with Crippen molar-refractivity contribution >= 4 is 11.8 Å². The van der Waals surface area contributed by atoms with Crippen LogP contribution in [0.25, 0.3) is 0 Å². The van der Waals surface area contributed by atoms with Gasteiger partial charge >= 0.3 is 0 Å². The largest absolute Gasteiger partial charge is 0.367 e. The van der Waals surface area contributed by atoms with E-state index in [9.17, 15) is 14.4 Å². The van der Waals surface area contributed by atoms with E-state index in [1.54, 1.807) is 6.92 Å². The van der Waals surface area contributed by atoms with Crippen molar-refractivity contribution in [1.82, 2.24) is 15.6 Å². The van der Waals surface area contributed by atoms with Crippen LogP contribution in [-0.2, 0) is 4.79 Å². The second kappa shape index (κ2) is 5.69. The Morgan fingerprint density at radius 3 is 2.75 bits per heavy atom. The molecule has 3 N–H and O–H groups in total. The lowest BCUT2D eigenvalue weighted by atomic mass is 10.2. The van der Waals surface area contributed by atoms with Crippen LogP contribution in [0.1, 0.15) is 17.3 Å². The van der Waals surface area contributed by atoms with Crippen LogP contribution in [0.15, 0.2) is 23.3 Å². The van der Waals surface area contributed by atoms with Crippen molar-refractivity contribution in [1.29, 1.82) is 0 Å². The van der Waals surface area contributed by atoms with Crippen molar-refractivity contribution in [3.8, 4) is 0 Å². The number of H-pyrrole nitrogens is 1. The molecule has 0 spiro atoms. The van der Waals surface area contributed by atoms with Crippen LogP contribution in [0.3, 0.4) is 0 Å². The molecule has 2 amide bonds. The van der Waals surface area contributed by atoms with Crippen LogP contribution < -0.4 is 16.1 Å². The first-order valence-electron chi connectivity index (χ1n) is 4.87. The molecule has 1 heterocycles. The highest BCUT2D eigenvalue weighted by atomic mass is 16.2. The summed E-state index contributed by atoms with van der Waals surface area (Å²) >= 11 is 0. The number of nitrogens with one attached hydrogen (secondary N) is 3. The van der Waals surface area contributed by atoms with Gasteiger partial charge in [-0.1, -0.05) is 0 Å². The van der Waals surface area contributed by atoms with Crippen LogP contribution in [0.5, 0.6) is 0 Å². The number of rotatable bonds is 4.